The first kappa shape index (κ1) is 27.3. The lowest BCUT2D eigenvalue weighted by Gasteiger charge is -2.11. The SMILES string of the molecule is c1ccc2cc(-n3c4ccccc4c4c5c6ccccc6n(-c6ccc(-c7ccc8c(ccc9ccccc98)c7)cc6)c5ccc43)ccc2c1. The summed E-state index contributed by atoms with van der Waals surface area (Å²) in [5, 5.41) is 12.7. The molecular formula is C48H30N2. The van der Waals surface area contributed by atoms with Crippen molar-refractivity contribution >= 4 is 75.9 Å². The van der Waals surface area contributed by atoms with Gasteiger partial charge < -0.3 is 9.13 Å². The summed E-state index contributed by atoms with van der Waals surface area (Å²) in [7, 11) is 0. The minimum Gasteiger partial charge on any atom is -0.309 e. The van der Waals surface area contributed by atoms with Crippen LogP contribution >= 0.6 is 0 Å². The molecule has 11 rings (SSSR count). The molecule has 0 aliphatic heterocycles. The number of para-hydroxylation sites is 2. The van der Waals surface area contributed by atoms with E-state index in [1.165, 1.54) is 92.7 Å². The summed E-state index contributed by atoms with van der Waals surface area (Å²) in [6.07, 6.45) is 0. The number of nitrogens with zero attached hydrogens (tertiary/aromatic N) is 2. The fraction of sp³-hybridized carbons (Fsp3) is 0. The Labute approximate surface area is 288 Å². The van der Waals surface area contributed by atoms with E-state index in [0.29, 0.717) is 0 Å². The zero-order chi connectivity index (χ0) is 32.8. The monoisotopic (exact) mass is 634 g/mol. The highest BCUT2D eigenvalue weighted by molar-refractivity contribution is 6.29. The summed E-state index contributed by atoms with van der Waals surface area (Å²) in [5.41, 5.74) is 9.63. The van der Waals surface area contributed by atoms with E-state index >= 15 is 0 Å². The van der Waals surface area contributed by atoms with Crippen molar-refractivity contribution < 1.29 is 0 Å². The van der Waals surface area contributed by atoms with Crippen molar-refractivity contribution in [1.82, 2.24) is 9.13 Å². The zero-order valence-electron chi connectivity index (χ0n) is 27.2. The number of benzene rings is 9. The summed E-state index contributed by atoms with van der Waals surface area (Å²) in [6, 6.07) is 66.8. The Morgan fingerprint density at radius 2 is 0.760 bits per heavy atom. The zero-order valence-corrected chi connectivity index (χ0v) is 27.2. The van der Waals surface area contributed by atoms with Gasteiger partial charge in [-0.3, -0.25) is 0 Å². The molecular weight excluding hydrogens is 605 g/mol. The lowest BCUT2D eigenvalue weighted by molar-refractivity contribution is 1.17. The topological polar surface area (TPSA) is 9.86 Å². The summed E-state index contributed by atoms with van der Waals surface area (Å²) in [5.74, 6) is 0. The first-order valence-electron chi connectivity index (χ1n) is 17.3. The van der Waals surface area contributed by atoms with Gasteiger partial charge in [0.05, 0.1) is 22.1 Å². The average Bonchev–Trinajstić information content (AvgIpc) is 3.70. The summed E-state index contributed by atoms with van der Waals surface area (Å²) >= 11 is 0. The largest absolute Gasteiger partial charge is 0.309 e. The van der Waals surface area contributed by atoms with Gasteiger partial charge in [-0.15, -0.1) is 0 Å². The van der Waals surface area contributed by atoms with Crippen LogP contribution in [0.2, 0.25) is 0 Å². The molecule has 232 valence electrons. The van der Waals surface area contributed by atoms with Gasteiger partial charge in [-0.25, -0.2) is 0 Å². The van der Waals surface area contributed by atoms with Gasteiger partial charge in [0, 0.05) is 32.9 Å². The number of fused-ring (bicyclic) bond motifs is 11. The Morgan fingerprint density at radius 3 is 1.48 bits per heavy atom. The predicted molar refractivity (Wildman–Crippen MR) is 213 cm³/mol. The van der Waals surface area contributed by atoms with Gasteiger partial charge in [-0.05, 0) is 98.0 Å². The average molecular weight is 635 g/mol. The van der Waals surface area contributed by atoms with Crippen LogP contribution in [-0.4, -0.2) is 9.13 Å². The van der Waals surface area contributed by atoms with E-state index in [4.69, 9.17) is 0 Å². The molecule has 0 radical (unpaired) electrons. The molecule has 2 aromatic heterocycles. The lowest BCUT2D eigenvalue weighted by atomic mass is 9.97. The van der Waals surface area contributed by atoms with Gasteiger partial charge >= 0.3 is 0 Å². The Morgan fingerprint density at radius 1 is 0.260 bits per heavy atom. The molecule has 11 aromatic rings. The van der Waals surface area contributed by atoms with Crippen molar-refractivity contribution in [2.45, 2.75) is 0 Å². The number of hydrogen-bond acceptors (Lipinski definition) is 0. The van der Waals surface area contributed by atoms with Crippen molar-refractivity contribution in [2.24, 2.45) is 0 Å². The highest BCUT2D eigenvalue weighted by Gasteiger charge is 2.20. The molecule has 2 heteroatoms. The summed E-state index contributed by atoms with van der Waals surface area (Å²) in [4.78, 5) is 0. The third-order valence-electron chi connectivity index (χ3n) is 10.7. The highest BCUT2D eigenvalue weighted by Crippen LogP contribution is 2.42. The Balaban J connectivity index is 1.10. The molecule has 0 bridgehead atoms. The van der Waals surface area contributed by atoms with Crippen LogP contribution in [-0.2, 0) is 0 Å². The fourth-order valence-electron chi connectivity index (χ4n) is 8.39. The second-order valence-electron chi connectivity index (χ2n) is 13.4. The van der Waals surface area contributed by atoms with Crippen LogP contribution in [0, 0.1) is 0 Å². The van der Waals surface area contributed by atoms with Crippen molar-refractivity contribution in [3.05, 3.63) is 182 Å². The fourth-order valence-corrected chi connectivity index (χ4v) is 8.39. The van der Waals surface area contributed by atoms with Gasteiger partial charge in [0.15, 0.2) is 0 Å². The standard InChI is InChI=1S/C48H30N2/c1-2-11-34-30-38(25-21-31(34)9-1)50-44-16-8-6-14-42(44)48-46(50)28-27-45-47(48)41-13-5-7-15-43(41)49(45)37-23-19-32(20-24-37)35-22-26-40-36(29-35)18-17-33-10-3-4-12-39(33)40/h1-30H. The van der Waals surface area contributed by atoms with Gasteiger partial charge in [-0.2, -0.15) is 0 Å². The van der Waals surface area contributed by atoms with E-state index in [1.54, 1.807) is 0 Å². The molecule has 0 saturated heterocycles. The smallest absolute Gasteiger partial charge is 0.0548 e. The molecule has 2 nitrogen and oxygen atoms in total. The van der Waals surface area contributed by atoms with E-state index < -0.39 is 0 Å². The quantitative estimate of drug-likeness (QED) is 0.171. The summed E-state index contributed by atoms with van der Waals surface area (Å²) < 4.78 is 4.87. The second kappa shape index (κ2) is 10.4. The van der Waals surface area contributed by atoms with E-state index in [0.717, 1.165) is 5.69 Å². The minimum atomic E-state index is 1.16. The Kier molecular flexibility index (Phi) is 5.70. The van der Waals surface area contributed by atoms with Gasteiger partial charge in [0.1, 0.15) is 0 Å². The molecule has 9 aromatic carbocycles. The van der Waals surface area contributed by atoms with Crippen LogP contribution in [0.25, 0.3) is 98.4 Å². The number of hydrogen-bond donors (Lipinski definition) is 0. The lowest BCUT2D eigenvalue weighted by Crippen LogP contribution is -1.95. The molecule has 0 aliphatic rings. The molecule has 0 unspecified atom stereocenters. The normalized spacial score (nSPS) is 12.0. The van der Waals surface area contributed by atoms with Crippen LogP contribution in [0.15, 0.2) is 182 Å². The van der Waals surface area contributed by atoms with E-state index in [2.05, 4.69) is 191 Å². The maximum atomic E-state index is 2.43. The van der Waals surface area contributed by atoms with Crippen LogP contribution in [0.1, 0.15) is 0 Å². The molecule has 0 spiro atoms. The number of rotatable bonds is 3. The first-order valence-corrected chi connectivity index (χ1v) is 17.3. The predicted octanol–water partition coefficient (Wildman–Crippen LogP) is 13.0. The van der Waals surface area contributed by atoms with Crippen LogP contribution in [0.3, 0.4) is 0 Å². The van der Waals surface area contributed by atoms with Crippen molar-refractivity contribution in [2.75, 3.05) is 0 Å². The molecule has 2 heterocycles. The van der Waals surface area contributed by atoms with Crippen molar-refractivity contribution in [3.63, 3.8) is 0 Å². The first-order chi connectivity index (χ1) is 24.8. The molecule has 0 saturated carbocycles. The highest BCUT2D eigenvalue weighted by atomic mass is 15.0. The molecule has 0 amide bonds. The molecule has 0 aliphatic carbocycles. The van der Waals surface area contributed by atoms with Crippen LogP contribution < -0.4 is 0 Å². The maximum absolute atomic E-state index is 2.43. The molecule has 50 heavy (non-hydrogen) atoms. The van der Waals surface area contributed by atoms with Gasteiger partial charge in [0.25, 0.3) is 0 Å². The molecule has 0 atom stereocenters. The third kappa shape index (κ3) is 3.90. The summed E-state index contributed by atoms with van der Waals surface area (Å²) in [6.45, 7) is 0. The van der Waals surface area contributed by atoms with Gasteiger partial charge in [-0.1, -0.05) is 127 Å². The maximum Gasteiger partial charge on any atom is 0.0548 e. The molecule has 0 fully saturated rings. The Bertz CT molecular complexity index is 3140. The van der Waals surface area contributed by atoms with E-state index in [9.17, 15) is 0 Å². The van der Waals surface area contributed by atoms with E-state index in [1.807, 2.05) is 0 Å². The van der Waals surface area contributed by atoms with Crippen LogP contribution in [0.5, 0.6) is 0 Å². The minimum absolute atomic E-state index is 1.16. The number of aromatic nitrogens is 2. The Hall–Kier alpha value is -6.64. The second-order valence-corrected chi connectivity index (χ2v) is 13.4. The van der Waals surface area contributed by atoms with Gasteiger partial charge in [0.2, 0.25) is 0 Å². The van der Waals surface area contributed by atoms with Crippen molar-refractivity contribution in [1.29, 1.82) is 0 Å². The third-order valence-corrected chi connectivity index (χ3v) is 10.7. The van der Waals surface area contributed by atoms with E-state index in [-0.39, 0.29) is 0 Å². The van der Waals surface area contributed by atoms with Crippen LogP contribution in [0.4, 0.5) is 0 Å². The van der Waals surface area contributed by atoms with Crippen molar-refractivity contribution in [3.8, 4) is 22.5 Å². The molecule has 0 N–H and O–H groups in total.